The molecule has 0 spiro atoms. The molecule has 2 heterocycles. The van der Waals surface area contributed by atoms with E-state index in [0.29, 0.717) is 19.8 Å². The van der Waals surface area contributed by atoms with E-state index < -0.39 is 6.17 Å². The summed E-state index contributed by atoms with van der Waals surface area (Å²) >= 11 is 8.11. The van der Waals surface area contributed by atoms with Gasteiger partial charge in [-0.15, -0.1) is 0 Å². The Labute approximate surface area is 169 Å². The van der Waals surface area contributed by atoms with Crippen molar-refractivity contribution in [2.75, 3.05) is 11.6 Å². The number of benzene rings is 2. The molecule has 0 radical (unpaired) electrons. The first-order valence-electron chi connectivity index (χ1n) is 7.63. The molecule has 2 aromatic carbocycles. The first kappa shape index (κ1) is 17.6. The number of para-hydroxylation sites is 1. The topological polar surface area (TPSA) is 81.9 Å². The van der Waals surface area contributed by atoms with Crippen molar-refractivity contribution >= 4 is 49.3 Å². The van der Waals surface area contributed by atoms with Crippen molar-refractivity contribution in [2.45, 2.75) is 11.3 Å². The maximum absolute atomic E-state index is 12.8. The number of halogens is 2. The summed E-state index contributed by atoms with van der Waals surface area (Å²) in [5.41, 5.74) is 2.78. The number of rotatable bonds is 2. The Bertz CT molecular complexity index is 1060. The van der Waals surface area contributed by atoms with Gasteiger partial charge >= 0.3 is 11.3 Å². The van der Waals surface area contributed by atoms with Crippen LogP contribution in [0.4, 0.5) is 5.69 Å². The zero-order valence-electron chi connectivity index (χ0n) is 13.5. The van der Waals surface area contributed by atoms with Crippen LogP contribution in [0.25, 0.3) is 11.3 Å². The number of hydrogen-bond donors (Lipinski definition) is 3. The molecule has 1 aromatic heterocycles. The van der Waals surface area contributed by atoms with Crippen LogP contribution in [0.1, 0.15) is 11.7 Å². The zero-order chi connectivity index (χ0) is 18.4. The second kappa shape index (κ2) is 6.71. The molecule has 0 saturated heterocycles. The van der Waals surface area contributed by atoms with Crippen molar-refractivity contribution in [3.8, 4) is 17.0 Å². The third-order valence-corrected chi connectivity index (χ3v) is 5.91. The lowest BCUT2D eigenvalue weighted by molar-refractivity contribution is -0.759. The zero-order valence-corrected chi connectivity index (χ0v) is 17.4. The van der Waals surface area contributed by atoms with Crippen LogP contribution >= 0.6 is 43.6 Å². The Morgan fingerprint density at radius 3 is 2.62 bits per heavy atom. The molecule has 1 atom stereocenters. The summed E-state index contributed by atoms with van der Waals surface area (Å²) in [6, 6.07) is 11.2. The fourth-order valence-corrected chi connectivity index (χ4v) is 4.54. The van der Waals surface area contributed by atoms with Crippen LogP contribution in [0.15, 0.2) is 55.3 Å². The number of nitrogens with zero attached hydrogens (tertiary/aromatic N) is 2. The van der Waals surface area contributed by atoms with Gasteiger partial charge in [0.05, 0.1) is 20.2 Å². The number of nitrogens with one attached hydrogen (secondary N) is 2. The Kier molecular flexibility index (Phi) is 4.54. The molecule has 0 unspecified atom stereocenters. The average molecular weight is 497 g/mol. The lowest BCUT2D eigenvalue weighted by atomic mass is 10.0. The van der Waals surface area contributed by atoms with E-state index in [2.05, 4.69) is 47.3 Å². The molecule has 0 amide bonds. The van der Waals surface area contributed by atoms with E-state index in [0.717, 1.165) is 16.8 Å². The van der Waals surface area contributed by atoms with Crippen molar-refractivity contribution in [1.82, 2.24) is 10.1 Å². The number of thioether (sulfide) groups is 1. The van der Waals surface area contributed by atoms with Gasteiger partial charge in [0.1, 0.15) is 5.75 Å². The summed E-state index contributed by atoms with van der Waals surface area (Å²) in [4.78, 5) is 15.6. The van der Waals surface area contributed by atoms with E-state index in [-0.39, 0.29) is 11.3 Å². The van der Waals surface area contributed by atoms with Gasteiger partial charge in [0, 0.05) is 10.7 Å². The highest BCUT2D eigenvalue weighted by atomic mass is 79.9. The van der Waals surface area contributed by atoms with Crippen molar-refractivity contribution in [1.29, 1.82) is 0 Å². The van der Waals surface area contributed by atoms with Crippen molar-refractivity contribution in [3.63, 3.8) is 0 Å². The quantitative estimate of drug-likeness (QED) is 0.372. The summed E-state index contributed by atoms with van der Waals surface area (Å²) in [5, 5.41) is 18.6. The maximum Gasteiger partial charge on any atom is 0.325 e. The predicted molar refractivity (Wildman–Crippen MR) is 108 cm³/mol. The second-order valence-corrected chi connectivity index (χ2v) is 8.19. The normalized spacial score (nSPS) is 15.1. The second-order valence-electron chi connectivity index (χ2n) is 5.68. The Balaban J connectivity index is 2.00. The first-order chi connectivity index (χ1) is 12.5. The molecule has 0 fully saturated rings. The molecule has 6 nitrogen and oxygen atoms in total. The minimum absolute atomic E-state index is 0.124. The number of hydrogen-bond acceptors (Lipinski definition) is 5. The van der Waals surface area contributed by atoms with E-state index in [1.165, 1.54) is 11.8 Å². The maximum atomic E-state index is 12.8. The van der Waals surface area contributed by atoms with Crippen LogP contribution in [-0.2, 0) is 0 Å². The van der Waals surface area contributed by atoms with Crippen LogP contribution in [0, 0.1) is 0 Å². The smallest absolute Gasteiger partial charge is 0.325 e. The molecular weight excluding hydrogens is 484 g/mol. The predicted octanol–water partition coefficient (Wildman–Crippen LogP) is 3.65. The fraction of sp³-hybridized carbons (Fsp3) is 0.118. The summed E-state index contributed by atoms with van der Waals surface area (Å²) in [7, 11) is 0. The molecule has 0 saturated carbocycles. The van der Waals surface area contributed by atoms with E-state index >= 15 is 0 Å². The number of aromatic hydroxyl groups is 1. The van der Waals surface area contributed by atoms with Crippen LogP contribution in [0.3, 0.4) is 0 Å². The largest absolute Gasteiger partial charge is 0.506 e. The lowest BCUT2D eigenvalue weighted by Gasteiger charge is -2.22. The minimum Gasteiger partial charge on any atom is -0.506 e. The van der Waals surface area contributed by atoms with Gasteiger partial charge in [0.15, 0.2) is 0 Å². The van der Waals surface area contributed by atoms with Gasteiger partial charge in [-0.2, -0.15) is 0 Å². The number of H-pyrrole nitrogens is 1. The molecule has 1 aliphatic rings. The van der Waals surface area contributed by atoms with E-state index in [4.69, 9.17) is 0 Å². The number of fused-ring (bicyclic) bond motifs is 3. The van der Waals surface area contributed by atoms with Gasteiger partial charge < -0.3 is 10.4 Å². The summed E-state index contributed by atoms with van der Waals surface area (Å²) < 4.78 is 2.80. The van der Waals surface area contributed by atoms with Crippen molar-refractivity contribution in [3.05, 3.63) is 61.3 Å². The lowest BCUT2D eigenvalue weighted by Crippen LogP contribution is -2.55. The van der Waals surface area contributed by atoms with E-state index in [1.54, 1.807) is 4.68 Å². The first-order valence-corrected chi connectivity index (χ1v) is 10.4. The van der Waals surface area contributed by atoms with E-state index in [9.17, 15) is 9.90 Å². The van der Waals surface area contributed by atoms with Crippen molar-refractivity contribution in [2.24, 2.45) is 0 Å². The van der Waals surface area contributed by atoms with Crippen LogP contribution in [0.5, 0.6) is 5.75 Å². The molecule has 0 aliphatic carbocycles. The van der Waals surface area contributed by atoms with Gasteiger partial charge in [-0.05, 0) is 67.1 Å². The average Bonchev–Trinajstić information content (AvgIpc) is 2.64. The summed E-state index contributed by atoms with van der Waals surface area (Å²) in [6.07, 6.45) is 1.46. The molecule has 0 bridgehead atoms. The molecule has 1 aliphatic heterocycles. The van der Waals surface area contributed by atoms with Crippen molar-refractivity contribution < 1.29 is 9.79 Å². The van der Waals surface area contributed by atoms with Crippen LogP contribution in [-0.4, -0.2) is 21.4 Å². The van der Waals surface area contributed by atoms with Gasteiger partial charge in [0.25, 0.3) is 6.17 Å². The number of phenolic OH excluding ortho intramolecular Hbond substituents is 1. The van der Waals surface area contributed by atoms with Crippen LogP contribution in [0.2, 0.25) is 0 Å². The molecule has 3 aromatic rings. The molecular formula is C17H13Br2N4O2S+. The number of aromatic nitrogens is 3. The summed E-state index contributed by atoms with van der Waals surface area (Å²) in [6.45, 7) is 0. The van der Waals surface area contributed by atoms with Gasteiger partial charge in [-0.1, -0.05) is 23.9 Å². The molecule has 9 heteroatoms. The van der Waals surface area contributed by atoms with Gasteiger partial charge in [-0.25, -0.2) is 0 Å². The highest BCUT2D eigenvalue weighted by molar-refractivity contribution is 9.11. The Hall–Kier alpha value is -1.84. The van der Waals surface area contributed by atoms with Crippen LogP contribution < -0.4 is 15.6 Å². The third-order valence-electron chi connectivity index (χ3n) is 4.13. The molecule has 26 heavy (non-hydrogen) atoms. The Morgan fingerprint density at radius 2 is 1.92 bits per heavy atom. The highest BCUT2D eigenvalue weighted by Crippen LogP contribution is 2.37. The van der Waals surface area contributed by atoms with Gasteiger partial charge in [-0.3, -0.25) is 9.78 Å². The fourth-order valence-electron chi connectivity index (χ4n) is 2.95. The Morgan fingerprint density at radius 1 is 1.23 bits per heavy atom. The molecule has 4 rings (SSSR count). The molecule has 132 valence electrons. The van der Waals surface area contributed by atoms with E-state index in [1.807, 2.05) is 42.7 Å². The standard InChI is InChI=1S/C17H12Br2N4O2S/c1-26-17-21-16(25)13-9-4-2-3-5-12(9)20-15(23(13)22-17)8-6-10(18)14(24)11(19)7-8/h2-7,15H,1H3,(H2,21,22,24,25)/p+1/t15-/m0/s1. The number of phenols is 1. The minimum atomic E-state index is -0.402. The molecule has 3 N–H and O–H groups in total. The SMILES string of the molecule is CSc1n[n+]2c(c(=O)[nH]1)-c1ccccc1N[C@@H]2c1cc(Br)c(O)c(Br)c1. The van der Waals surface area contributed by atoms with Gasteiger partial charge in [0.2, 0.25) is 5.16 Å². The highest BCUT2D eigenvalue weighted by Gasteiger charge is 2.38. The number of aromatic amines is 1. The summed E-state index contributed by atoms with van der Waals surface area (Å²) in [5.74, 6) is 0.124. The number of anilines is 1. The monoisotopic (exact) mass is 495 g/mol. The third kappa shape index (κ3) is 2.83.